The molecule has 6 aromatic rings. The minimum absolute atomic E-state index is 0.0330. The Morgan fingerprint density at radius 2 is 1.47 bits per heavy atom. The summed E-state index contributed by atoms with van der Waals surface area (Å²) in [7, 11) is 0. The summed E-state index contributed by atoms with van der Waals surface area (Å²) < 4.78 is 1.86. The summed E-state index contributed by atoms with van der Waals surface area (Å²) in [6, 6.07) is 29.3. The first-order valence-corrected chi connectivity index (χ1v) is 16.3. The molecule has 47 heavy (non-hydrogen) atoms. The SMILES string of the molecule is CC(C)C1(O)CC(c2ccc(-c3nc4c(cnc5cc(C6CC6)nn54)cc3-c3ccccc3)cc2)(N2C(=O)c3ccccc3C2=O)C1. The van der Waals surface area contributed by atoms with Crippen molar-refractivity contribution in [3.63, 3.8) is 0 Å². The van der Waals surface area contributed by atoms with Gasteiger partial charge >= 0.3 is 0 Å². The first-order chi connectivity index (χ1) is 22.8. The molecule has 0 spiro atoms. The van der Waals surface area contributed by atoms with Crippen LogP contribution in [-0.2, 0) is 5.54 Å². The number of imide groups is 1. The average molecular weight is 620 g/mol. The Morgan fingerprint density at radius 1 is 0.809 bits per heavy atom. The lowest BCUT2D eigenvalue weighted by Crippen LogP contribution is -2.66. The third kappa shape index (κ3) is 4.14. The van der Waals surface area contributed by atoms with Crippen LogP contribution in [-0.4, -0.2) is 47.0 Å². The van der Waals surface area contributed by atoms with Gasteiger partial charge in [0.15, 0.2) is 11.3 Å². The number of amides is 2. The van der Waals surface area contributed by atoms with Crippen molar-refractivity contribution in [3.05, 3.63) is 120 Å². The van der Waals surface area contributed by atoms with E-state index >= 15 is 0 Å². The van der Waals surface area contributed by atoms with Crippen molar-refractivity contribution in [3.8, 4) is 22.4 Å². The molecular weight excluding hydrogens is 586 g/mol. The van der Waals surface area contributed by atoms with Crippen LogP contribution in [0.4, 0.5) is 0 Å². The first kappa shape index (κ1) is 28.0. The van der Waals surface area contributed by atoms with Gasteiger partial charge in [0.25, 0.3) is 11.8 Å². The van der Waals surface area contributed by atoms with Gasteiger partial charge in [-0.05, 0) is 48.1 Å². The molecular formula is C39H33N5O3. The molecule has 8 heteroatoms. The Morgan fingerprint density at radius 3 is 2.11 bits per heavy atom. The molecule has 4 heterocycles. The van der Waals surface area contributed by atoms with Gasteiger partial charge in [-0.25, -0.2) is 9.97 Å². The molecule has 232 valence electrons. The van der Waals surface area contributed by atoms with E-state index < -0.39 is 11.1 Å². The number of carbonyl (C=O) groups is 2. The summed E-state index contributed by atoms with van der Waals surface area (Å²) in [4.78, 5) is 38.9. The Hall–Kier alpha value is -5.21. The molecule has 0 radical (unpaired) electrons. The Kier molecular flexibility index (Phi) is 5.90. The van der Waals surface area contributed by atoms with E-state index in [1.807, 2.05) is 67.0 Å². The zero-order valence-corrected chi connectivity index (χ0v) is 26.2. The van der Waals surface area contributed by atoms with Crippen molar-refractivity contribution < 1.29 is 14.7 Å². The summed E-state index contributed by atoms with van der Waals surface area (Å²) in [5.74, 6) is -0.165. The lowest BCUT2D eigenvalue weighted by atomic mass is 9.57. The highest BCUT2D eigenvalue weighted by Gasteiger charge is 2.63. The van der Waals surface area contributed by atoms with Crippen LogP contribution < -0.4 is 0 Å². The normalized spacial score (nSPS) is 22.3. The van der Waals surface area contributed by atoms with Crippen molar-refractivity contribution in [1.82, 2.24) is 24.5 Å². The zero-order valence-electron chi connectivity index (χ0n) is 26.2. The molecule has 9 rings (SSSR count). The molecule has 2 saturated carbocycles. The Balaban J connectivity index is 1.18. The van der Waals surface area contributed by atoms with Crippen LogP contribution in [0.15, 0.2) is 97.2 Å². The van der Waals surface area contributed by atoms with Crippen LogP contribution in [0.3, 0.4) is 0 Å². The summed E-state index contributed by atoms with van der Waals surface area (Å²) in [6.07, 6.45) is 4.73. The summed E-state index contributed by atoms with van der Waals surface area (Å²) in [5.41, 5.74) is 5.95. The van der Waals surface area contributed by atoms with Crippen molar-refractivity contribution in [2.24, 2.45) is 5.92 Å². The van der Waals surface area contributed by atoms with E-state index in [9.17, 15) is 14.7 Å². The van der Waals surface area contributed by atoms with E-state index in [1.165, 1.54) is 4.90 Å². The second-order valence-corrected chi connectivity index (χ2v) is 13.7. The lowest BCUT2D eigenvalue weighted by Gasteiger charge is -2.58. The molecule has 1 N–H and O–H groups in total. The molecule has 0 atom stereocenters. The molecule has 3 aromatic heterocycles. The van der Waals surface area contributed by atoms with E-state index in [1.54, 1.807) is 24.3 Å². The number of carbonyl (C=O) groups excluding carboxylic acids is 2. The molecule has 8 nitrogen and oxygen atoms in total. The Bertz CT molecular complexity index is 2210. The third-order valence-corrected chi connectivity index (χ3v) is 10.5. The molecule has 0 saturated heterocycles. The highest BCUT2D eigenvalue weighted by Crippen LogP contribution is 2.57. The van der Waals surface area contributed by atoms with E-state index in [-0.39, 0.29) is 30.6 Å². The third-order valence-electron chi connectivity index (χ3n) is 10.5. The predicted molar refractivity (Wildman–Crippen MR) is 179 cm³/mol. The second-order valence-electron chi connectivity index (χ2n) is 13.7. The van der Waals surface area contributed by atoms with Crippen molar-refractivity contribution in [1.29, 1.82) is 0 Å². The number of pyridine rings is 1. The van der Waals surface area contributed by atoms with E-state index in [0.29, 0.717) is 17.0 Å². The minimum atomic E-state index is -0.989. The number of benzene rings is 3. The number of hydrogen-bond acceptors (Lipinski definition) is 6. The monoisotopic (exact) mass is 619 g/mol. The van der Waals surface area contributed by atoms with Crippen LogP contribution >= 0.6 is 0 Å². The number of rotatable bonds is 6. The van der Waals surface area contributed by atoms with Gasteiger partial charge in [-0.3, -0.25) is 14.5 Å². The van der Waals surface area contributed by atoms with Crippen molar-refractivity contribution in [2.45, 2.75) is 56.6 Å². The molecule has 3 aromatic carbocycles. The second kappa shape index (κ2) is 9.89. The smallest absolute Gasteiger partial charge is 0.262 e. The maximum absolute atomic E-state index is 13.8. The fourth-order valence-corrected chi connectivity index (χ4v) is 7.57. The van der Waals surface area contributed by atoms with Gasteiger partial charge in [-0.1, -0.05) is 80.6 Å². The summed E-state index contributed by atoms with van der Waals surface area (Å²) in [5, 5.41) is 17.3. The molecule has 3 aliphatic rings. The van der Waals surface area contributed by atoms with Crippen LogP contribution in [0.25, 0.3) is 39.1 Å². The molecule has 0 unspecified atom stereocenters. The van der Waals surface area contributed by atoms with Crippen LogP contribution in [0, 0.1) is 5.92 Å². The number of aromatic nitrogens is 4. The van der Waals surface area contributed by atoms with Gasteiger partial charge in [-0.2, -0.15) is 9.61 Å². The first-order valence-electron chi connectivity index (χ1n) is 16.3. The standard InChI is InChI=1S/C39H33N5O3/c1-23(2)39(47)21-38(22-39,43-36(45)29-10-6-7-11-30(29)37(43)46)28-16-14-26(15-17-28)34-31(24-8-4-3-5-9-24)18-27-20-40-33-19-32(25-12-13-25)42-44(33)35(27)41-34/h3-11,14-20,23,25,47H,12-13,21-22H2,1-2H3. The summed E-state index contributed by atoms with van der Waals surface area (Å²) >= 11 is 0. The number of hydrogen-bond donors (Lipinski definition) is 1. The number of aliphatic hydroxyl groups is 1. The minimum Gasteiger partial charge on any atom is -0.389 e. The molecule has 2 amide bonds. The molecule has 2 aliphatic carbocycles. The quantitative estimate of drug-likeness (QED) is 0.199. The van der Waals surface area contributed by atoms with Gasteiger partial charge in [0.1, 0.15) is 0 Å². The number of fused-ring (bicyclic) bond motifs is 4. The number of nitrogens with zero attached hydrogens (tertiary/aromatic N) is 5. The van der Waals surface area contributed by atoms with Gasteiger partial charge in [0.2, 0.25) is 0 Å². The van der Waals surface area contributed by atoms with E-state index in [0.717, 1.165) is 63.2 Å². The maximum atomic E-state index is 13.8. The lowest BCUT2D eigenvalue weighted by molar-refractivity contribution is -0.156. The maximum Gasteiger partial charge on any atom is 0.262 e. The fourth-order valence-electron chi connectivity index (χ4n) is 7.57. The highest BCUT2D eigenvalue weighted by molar-refractivity contribution is 6.22. The van der Waals surface area contributed by atoms with Gasteiger partial charge < -0.3 is 5.11 Å². The van der Waals surface area contributed by atoms with Gasteiger partial charge in [0.05, 0.1) is 33.7 Å². The van der Waals surface area contributed by atoms with Crippen LogP contribution in [0.2, 0.25) is 0 Å². The topological polar surface area (TPSA) is 101 Å². The predicted octanol–water partition coefficient (Wildman–Crippen LogP) is 7.16. The summed E-state index contributed by atoms with van der Waals surface area (Å²) in [6.45, 7) is 3.96. The van der Waals surface area contributed by atoms with E-state index in [2.05, 4.69) is 24.3 Å². The van der Waals surface area contributed by atoms with Crippen LogP contribution in [0.5, 0.6) is 0 Å². The van der Waals surface area contributed by atoms with Gasteiger partial charge in [0, 0.05) is 47.5 Å². The van der Waals surface area contributed by atoms with Crippen molar-refractivity contribution >= 4 is 28.5 Å². The molecule has 1 aliphatic heterocycles. The largest absolute Gasteiger partial charge is 0.389 e. The zero-order chi connectivity index (χ0) is 32.1. The highest BCUT2D eigenvalue weighted by atomic mass is 16.3. The van der Waals surface area contributed by atoms with Crippen LogP contribution in [0.1, 0.15) is 77.4 Å². The molecule has 0 bridgehead atoms. The fraction of sp³-hybridized carbons (Fsp3) is 0.256. The molecule has 2 fully saturated rings. The van der Waals surface area contributed by atoms with Crippen molar-refractivity contribution in [2.75, 3.05) is 0 Å². The Labute approximate surface area is 271 Å². The van der Waals surface area contributed by atoms with Gasteiger partial charge in [-0.15, -0.1) is 0 Å². The average Bonchev–Trinajstić information content (AvgIpc) is 3.79. The van der Waals surface area contributed by atoms with E-state index in [4.69, 9.17) is 15.1 Å².